The average molecular weight is 300 g/mol. The first-order valence-corrected chi connectivity index (χ1v) is 7.80. The Kier molecular flexibility index (Phi) is 6.31. The lowest BCUT2D eigenvalue weighted by atomic mass is 10.1. The highest BCUT2D eigenvalue weighted by atomic mass is 15.2. The molecule has 0 aliphatic carbocycles. The highest BCUT2D eigenvalue weighted by molar-refractivity contribution is 5.81. The Morgan fingerprint density at radius 3 is 2.86 bits per heavy atom. The molecule has 0 unspecified atom stereocenters. The van der Waals surface area contributed by atoms with E-state index in [1.54, 1.807) is 0 Å². The van der Waals surface area contributed by atoms with Crippen LogP contribution in [0.1, 0.15) is 19.9 Å². The Morgan fingerprint density at radius 2 is 2.05 bits per heavy atom. The van der Waals surface area contributed by atoms with Gasteiger partial charge in [0.2, 0.25) is 0 Å². The molecule has 120 valence electrons. The fourth-order valence-electron chi connectivity index (χ4n) is 2.88. The molecule has 22 heavy (non-hydrogen) atoms. The van der Waals surface area contributed by atoms with E-state index in [4.69, 9.17) is 0 Å². The highest BCUT2D eigenvalue weighted by Crippen LogP contribution is 2.14. The van der Waals surface area contributed by atoms with E-state index in [1.807, 2.05) is 12.4 Å². The van der Waals surface area contributed by atoms with E-state index in [0.29, 0.717) is 6.04 Å². The van der Waals surface area contributed by atoms with E-state index in [1.165, 1.54) is 16.3 Å². The summed E-state index contributed by atoms with van der Waals surface area (Å²) >= 11 is 0. The van der Waals surface area contributed by atoms with Gasteiger partial charge in [0.05, 0.1) is 0 Å². The zero-order chi connectivity index (χ0) is 14.5. The number of rotatable bonds is 5. The van der Waals surface area contributed by atoms with Gasteiger partial charge in [-0.2, -0.15) is 0 Å². The molecule has 3 rings (SSSR count). The molecule has 2 N–H and O–H groups in total. The number of hydrogen-bond donors (Lipinski definition) is 2. The first kappa shape index (κ1) is 16.9. The lowest BCUT2D eigenvalue weighted by molar-refractivity contribution is 0.219. The van der Waals surface area contributed by atoms with Gasteiger partial charge in [0.1, 0.15) is 0 Å². The quantitative estimate of drug-likeness (QED) is 0.888. The highest BCUT2D eigenvalue weighted by Gasteiger charge is 2.12. The number of hydrogen-bond acceptors (Lipinski definition) is 4. The summed E-state index contributed by atoms with van der Waals surface area (Å²) in [4.78, 5) is 6.68. The number of fused-ring (bicyclic) bond motifs is 1. The molecule has 0 bridgehead atoms. The van der Waals surface area contributed by atoms with Crippen molar-refractivity contribution in [1.29, 1.82) is 0 Å². The van der Waals surface area contributed by atoms with Crippen molar-refractivity contribution < 1.29 is 0 Å². The predicted octanol–water partition coefficient (Wildman–Crippen LogP) is 2.25. The van der Waals surface area contributed by atoms with E-state index < -0.39 is 0 Å². The molecule has 1 atom stereocenters. The first-order chi connectivity index (χ1) is 10.3. The van der Waals surface area contributed by atoms with Gasteiger partial charge < -0.3 is 10.6 Å². The minimum absolute atomic E-state index is 0. The van der Waals surface area contributed by atoms with Crippen LogP contribution in [-0.2, 0) is 6.54 Å². The standard InChI is InChI=1S/C17H24N4.CH4/c1-14(13-21-8-6-18-7-9-21)20-11-15-2-3-17-12-19-5-4-16(17)10-15;/h2-5,10,12,14,18,20H,6-9,11,13H2,1H3;1H4/t14-;/m1./s1. The monoisotopic (exact) mass is 300 g/mol. The molecule has 4 heteroatoms. The smallest absolute Gasteiger partial charge is 0.0346 e. The van der Waals surface area contributed by atoms with Crippen molar-refractivity contribution in [2.75, 3.05) is 32.7 Å². The summed E-state index contributed by atoms with van der Waals surface area (Å²) in [5.41, 5.74) is 1.33. The molecule has 1 saturated heterocycles. The second-order valence-electron chi connectivity index (χ2n) is 5.89. The average Bonchev–Trinajstić information content (AvgIpc) is 2.54. The van der Waals surface area contributed by atoms with Gasteiger partial charge in [-0.05, 0) is 30.0 Å². The predicted molar refractivity (Wildman–Crippen MR) is 94.1 cm³/mol. The molecular weight excluding hydrogens is 272 g/mol. The molecule has 1 aromatic heterocycles. The maximum absolute atomic E-state index is 4.16. The fourth-order valence-corrected chi connectivity index (χ4v) is 2.88. The van der Waals surface area contributed by atoms with Crippen LogP contribution in [0.5, 0.6) is 0 Å². The molecule has 1 fully saturated rings. The molecular formula is C18H28N4. The first-order valence-electron chi connectivity index (χ1n) is 7.80. The van der Waals surface area contributed by atoms with Crippen molar-refractivity contribution in [3.63, 3.8) is 0 Å². The lowest BCUT2D eigenvalue weighted by Crippen LogP contribution is -2.48. The van der Waals surface area contributed by atoms with Gasteiger partial charge in [0, 0.05) is 63.1 Å². The topological polar surface area (TPSA) is 40.2 Å². The Balaban J connectivity index is 0.00000176. The second-order valence-corrected chi connectivity index (χ2v) is 5.89. The van der Waals surface area contributed by atoms with Crippen LogP contribution in [0.25, 0.3) is 10.8 Å². The van der Waals surface area contributed by atoms with Crippen molar-refractivity contribution in [3.05, 3.63) is 42.2 Å². The molecule has 1 aromatic carbocycles. The Labute approximate surface area is 133 Å². The molecule has 4 nitrogen and oxygen atoms in total. The Hall–Kier alpha value is -1.49. The molecule has 2 heterocycles. The summed E-state index contributed by atoms with van der Waals surface area (Å²) in [6.07, 6.45) is 3.77. The van der Waals surface area contributed by atoms with Crippen molar-refractivity contribution in [1.82, 2.24) is 20.5 Å². The second kappa shape index (κ2) is 8.22. The summed E-state index contributed by atoms with van der Waals surface area (Å²) in [5.74, 6) is 0. The van der Waals surface area contributed by atoms with E-state index in [0.717, 1.165) is 39.3 Å². The van der Waals surface area contributed by atoms with Crippen LogP contribution in [0.3, 0.4) is 0 Å². The van der Waals surface area contributed by atoms with Gasteiger partial charge in [-0.1, -0.05) is 19.6 Å². The van der Waals surface area contributed by atoms with E-state index in [-0.39, 0.29) is 7.43 Å². The third-order valence-electron chi connectivity index (χ3n) is 4.10. The number of nitrogens with zero attached hydrogens (tertiary/aromatic N) is 2. The van der Waals surface area contributed by atoms with Crippen molar-refractivity contribution in [3.8, 4) is 0 Å². The summed E-state index contributed by atoms with van der Waals surface area (Å²) in [6.45, 7) is 8.87. The van der Waals surface area contributed by atoms with E-state index in [9.17, 15) is 0 Å². The van der Waals surface area contributed by atoms with Crippen LogP contribution >= 0.6 is 0 Å². The van der Waals surface area contributed by atoms with Gasteiger partial charge in [0.25, 0.3) is 0 Å². The fraction of sp³-hybridized carbons (Fsp3) is 0.500. The SMILES string of the molecule is C.C[C@H](CN1CCNCC1)NCc1ccc2cnccc2c1. The van der Waals surface area contributed by atoms with E-state index in [2.05, 4.69) is 51.7 Å². The zero-order valence-electron chi connectivity index (χ0n) is 12.7. The molecule has 0 spiro atoms. The number of pyridine rings is 1. The summed E-state index contributed by atoms with van der Waals surface area (Å²) in [7, 11) is 0. The van der Waals surface area contributed by atoms with Gasteiger partial charge in [-0.25, -0.2) is 0 Å². The minimum Gasteiger partial charge on any atom is -0.314 e. The lowest BCUT2D eigenvalue weighted by Gasteiger charge is -2.30. The molecule has 0 saturated carbocycles. The summed E-state index contributed by atoms with van der Waals surface area (Å²) in [5, 5.41) is 9.50. The Morgan fingerprint density at radius 1 is 1.23 bits per heavy atom. The third kappa shape index (κ3) is 4.50. The van der Waals surface area contributed by atoms with Gasteiger partial charge >= 0.3 is 0 Å². The number of nitrogens with one attached hydrogen (secondary N) is 2. The van der Waals surface area contributed by atoms with Crippen molar-refractivity contribution in [2.24, 2.45) is 0 Å². The summed E-state index contributed by atoms with van der Waals surface area (Å²) in [6, 6.07) is 9.18. The normalized spacial score (nSPS) is 17.1. The number of benzene rings is 1. The largest absolute Gasteiger partial charge is 0.314 e. The third-order valence-corrected chi connectivity index (χ3v) is 4.10. The zero-order valence-corrected chi connectivity index (χ0v) is 12.7. The molecule has 1 aliphatic rings. The number of aromatic nitrogens is 1. The molecule has 0 radical (unpaired) electrons. The maximum atomic E-state index is 4.16. The van der Waals surface area contributed by atoms with Crippen molar-refractivity contribution >= 4 is 10.8 Å². The molecule has 1 aliphatic heterocycles. The Bertz CT molecular complexity index is 578. The van der Waals surface area contributed by atoms with Crippen LogP contribution in [0.2, 0.25) is 0 Å². The van der Waals surface area contributed by atoms with Crippen molar-refractivity contribution in [2.45, 2.75) is 26.9 Å². The van der Waals surface area contributed by atoms with Crippen LogP contribution in [0, 0.1) is 0 Å². The van der Waals surface area contributed by atoms with Crippen LogP contribution in [0.4, 0.5) is 0 Å². The van der Waals surface area contributed by atoms with Crippen LogP contribution in [-0.4, -0.2) is 48.6 Å². The minimum atomic E-state index is 0. The van der Waals surface area contributed by atoms with Gasteiger partial charge in [-0.15, -0.1) is 0 Å². The van der Waals surface area contributed by atoms with Gasteiger partial charge in [-0.3, -0.25) is 9.88 Å². The van der Waals surface area contributed by atoms with Crippen LogP contribution < -0.4 is 10.6 Å². The van der Waals surface area contributed by atoms with Crippen LogP contribution in [0.15, 0.2) is 36.7 Å². The van der Waals surface area contributed by atoms with Gasteiger partial charge in [0.15, 0.2) is 0 Å². The van der Waals surface area contributed by atoms with E-state index >= 15 is 0 Å². The number of piperazine rings is 1. The molecule has 0 amide bonds. The molecule has 2 aromatic rings. The summed E-state index contributed by atoms with van der Waals surface area (Å²) < 4.78 is 0. The maximum Gasteiger partial charge on any atom is 0.0346 e.